The molecule has 0 aliphatic rings. The Morgan fingerprint density at radius 2 is 1.71 bits per heavy atom. The number of hydrogen-bond donors (Lipinski definition) is 2. The largest absolute Gasteiger partial charge is 0.354 e. The van der Waals surface area contributed by atoms with Crippen LogP contribution in [0, 0.1) is 11.2 Å². The fourth-order valence-corrected chi connectivity index (χ4v) is 1.65. The molecule has 0 aliphatic carbocycles. The number of rotatable bonds is 7. The van der Waals surface area contributed by atoms with E-state index in [-0.39, 0.29) is 29.9 Å². The average Bonchev–Trinajstić information content (AvgIpc) is 2.45. The lowest BCUT2D eigenvalue weighted by atomic mass is 9.95. The van der Waals surface area contributed by atoms with E-state index in [1.807, 2.05) is 0 Å². The molecule has 116 valence electrons. The lowest BCUT2D eigenvalue weighted by Crippen LogP contribution is -2.42. The Labute approximate surface area is 129 Å². The quantitative estimate of drug-likeness (QED) is 0.596. The Morgan fingerprint density at radius 1 is 1.14 bits per heavy atom. The van der Waals surface area contributed by atoms with Gasteiger partial charge in [0.15, 0.2) is 0 Å². The summed E-state index contributed by atoms with van der Waals surface area (Å²) >= 11 is 5.70. The molecule has 0 aliphatic heterocycles. The van der Waals surface area contributed by atoms with Crippen molar-refractivity contribution in [2.24, 2.45) is 5.41 Å². The predicted molar refractivity (Wildman–Crippen MR) is 80.6 cm³/mol. The first-order chi connectivity index (χ1) is 9.85. The summed E-state index contributed by atoms with van der Waals surface area (Å²) in [4.78, 5) is 23.4. The van der Waals surface area contributed by atoms with E-state index in [1.54, 1.807) is 26.0 Å². The van der Waals surface area contributed by atoms with Crippen LogP contribution < -0.4 is 10.6 Å². The second-order valence-corrected chi connectivity index (χ2v) is 5.69. The van der Waals surface area contributed by atoms with Gasteiger partial charge in [-0.25, -0.2) is 4.39 Å². The van der Waals surface area contributed by atoms with Crippen molar-refractivity contribution in [2.75, 3.05) is 19.0 Å². The van der Waals surface area contributed by atoms with Gasteiger partial charge in [-0.15, -0.1) is 11.6 Å². The molecule has 0 fully saturated rings. The Bertz CT molecular complexity index is 489. The molecule has 2 N–H and O–H groups in total. The molecule has 21 heavy (non-hydrogen) atoms. The van der Waals surface area contributed by atoms with Crippen molar-refractivity contribution in [1.29, 1.82) is 0 Å². The highest BCUT2D eigenvalue weighted by molar-refractivity contribution is 6.19. The third-order valence-electron chi connectivity index (χ3n) is 2.96. The Hall–Kier alpha value is -1.62. The molecule has 0 spiro atoms. The molecule has 0 saturated heterocycles. The van der Waals surface area contributed by atoms with Crippen LogP contribution in [0.25, 0.3) is 0 Å². The molecule has 1 aromatic rings. The zero-order chi connectivity index (χ0) is 15.9. The summed E-state index contributed by atoms with van der Waals surface area (Å²) in [6.45, 7) is 4.18. The average molecular weight is 315 g/mol. The van der Waals surface area contributed by atoms with E-state index in [9.17, 15) is 14.0 Å². The molecule has 1 rings (SSSR count). The zero-order valence-corrected chi connectivity index (χ0v) is 13.0. The van der Waals surface area contributed by atoms with E-state index in [4.69, 9.17) is 11.6 Å². The number of alkyl halides is 1. The van der Waals surface area contributed by atoms with Crippen molar-refractivity contribution in [3.8, 4) is 0 Å². The molecule has 0 bridgehead atoms. The molecule has 0 atom stereocenters. The van der Waals surface area contributed by atoms with Gasteiger partial charge in [-0.2, -0.15) is 0 Å². The van der Waals surface area contributed by atoms with Crippen molar-refractivity contribution in [3.63, 3.8) is 0 Å². The van der Waals surface area contributed by atoms with Crippen LogP contribution in [0.3, 0.4) is 0 Å². The summed E-state index contributed by atoms with van der Waals surface area (Å²) in [5.74, 6) is -0.419. The van der Waals surface area contributed by atoms with Crippen LogP contribution in [0.5, 0.6) is 0 Å². The monoisotopic (exact) mass is 314 g/mol. The van der Waals surface area contributed by atoms with E-state index in [0.29, 0.717) is 13.1 Å². The molecule has 0 radical (unpaired) electrons. The molecule has 4 nitrogen and oxygen atoms in total. The first-order valence-corrected chi connectivity index (χ1v) is 7.24. The first-order valence-electron chi connectivity index (χ1n) is 6.70. The lowest BCUT2D eigenvalue weighted by Gasteiger charge is -2.20. The lowest BCUT2D eigenvalue weighted by molar-refractivity contribution is -0.128. The second kappa shape index (κ2) is 7.98. The first kappa shape index (κ1) is 17.4. The van der Waals surface area contributed by atoms with Crippen LogP contribution in [-0.4, -0.2) is 30.8 Å². The van der Waals surface area contributed by atoms with Crippen molar-refractivity contribution in [3.05, 3.63) is 35.6 Å². The van der Waals surface area contributed by atoms with Crippen molar-refractivity contribution in [2.45, 2.75) is 20.3 Å². The highest BCUT2D eigenvalue weighted by Crippen LogP contribution is 2.16. The second-order valence-electron chi connectivity index (χ2n) is 5.43. The Kier molecular flexibility index (Phi) is 6.62. The fraction of sp³-hybridized carbons (Fsp3) is 0.467. The maximum atomic E-state index is 12.7. The molecule has 6 heteroatoms. The minimum Gasteiger partial charge on any atom is -0.354 e. The topological polar surface area (TPSA) is 58.2 Å². The number of nitrogens with one attached hydrogen (secondary N) is 2. The number of hydrogen-bond acceptors (Lipinski definition) is 2. The molecule has 0 unspecified atom stereocenters. The number of halogens is 2. The summed E-state index contributed by atoms with van der Waals surface area (Å²) in [7, 11) is 0. The molecule has 0 aromatic heterocycles. The molecular weight excluding hydrogens is 295 g/mol. The van der Waals surface area contributed by atoms with E-state index in [0.717, 1.165) is 5.56 Å². The van der Waals surface area contributed by atoms with Gasteiger partial charge in [0.1, 0.15) is 5.82 Å². The minimum atomic E-state index is -0.625. The highest BCUT2D eigenvalue weighted by atomic mass is 35.5. The van der Waals surface area contributed by atoms with Gasteiger partial charge in [-0.3, -0.25) is 9.59 Å². The number of amides is 2. The smallest absolute Gasteiger partial charge is 0.226 e. The third kappa shape index (κ3) is 6.12. The standard InChI is InChI=1S/C15H20ClFN2O2/c1-15(2,10-16)14(21)19-8-7-18-13(20)9-11-3-5-12(17)6-4-11/h3-6H,7-10H2,1-2H3,(H,18,20)(H,19,21). The van der Waals surface area contributed by atoms with Crippen LogP contribution >= 0.6 is 11.6 Å². The predicted octanol–water partition coefficient (Wildman–Crippen LogP) is 1.87. The number of carbonyl (C=O) groups excluding carboxylic acids is 2. The van der Waals surface area contributed by atoms with Crippen LogP contribution in [0.4, 0.5) is 4.39 Å². The van der Waals surface area contributed by atoms with Crippen molar-refractivity contribution in [1.82, 2.24) is 10.6 Å². The van der Waals surface area contributed by atoms with Gasteiger partial charge >= 0.3 is 0 Å². The van der Waals surface area contributed by atoms with Gasteiger partial charge in [0.25, 0.3) is 0 Å². The summed E-state index contributed by atoms with van der Waals surface area (Å²) < 4.78 is 12.7. The van der Waals surface area contributed by atoms with Gasteiger partial charge in [-0.05, 0) is 31.5 Å². The number of carbonyl (C=O) groups is 2. The maximum Gasteiger partial charge on any atom is 0.226 e. The molecular formula is C15H20ClFN2O2. The maximum absolute atomic E-state index is 12.7. The normalized spacial score (nSPS) is 11.0. The van der Waals surface area contributed by atoms with Crippen LogP contribution in [0.15, 0.2) is 24.3 Å². The third-order valence-corrected chi connectivity index (χ3v) is 3.63. The molecule has 0 saturated carbocycles. The van der Waals surface area contributed by atoms with Crippen LogP contribution in [0.1, 0.15) is 19.4 Å². The van der Waals surface area contributed by atoms with Gasteiger partial charge in [-0.1, -0.05) is 12.1 Å². The molecule has 0 heterocycles. The zero-order valence-electron chi connectivity index (χ0n) is 12.2. The summed E-state index contributed by atoms with van der Waals surface area (Å²) in [5.41, 5.74) is 0.112. The Morgan fingerprint density at radius 3 is 2.29 bits per heavy atom. The summed E-state index contributed by atoms with van der Waals surface area (Å²) in [5, 5.41) is 5.40. The SMILES string of the molecule is CC(C)(CCl)C(=O)NCCNC(=O)Cc1ccc(F)cc1. The van der Waals surface area contributed by atoms with Gasteiger partial charge in [0.05, 0.1) is 11.8 Å². The van der Waals surface area contributed by atoms with Crippen LogP contribution in [-0.2, 0) is 16.0 Å². The van der Waals surface area contributed by atoms with Crippen molar-refractivity contribution >= 4 is 23.4 Å². The number of benzene rings is 1. The van der Waals surface area contributed by atoms with E-state index >= 15 is 0 Å². The van der Waals surface area contributed by atoms with Gasteiger partial charge < -0.3 is 10.6 Å². The van der Waals surface area contributed by atoms with Gasteiger partial charge in [0.2, 0.25) is 11.8 Å². The van der Waals surface area contributed by atoms with E-state index < -0.39 is 5.41 Å². The van der Waals surface area contributed by atoms with E-state index in [2.05, 4.69) is 10.6 Å². The van der Waals surface area contributed by atoms with E-state index in [1.165, 1.54) is 12.1 Å². The van der Waals surface area contributed by atoms with Gasteiger partial charge in [0, 0.05) is 19.0 Å². The van der Waals surface area contributed by atoms with Crippen molar-refractivity contribution < 1.29 is 14.0 Å². The summed E-state index contributed by atoms with van der Waals surface area (Å²) in [6.07, 6.45) is 0.182. The van der Waals surface area contributed by atoms with Crippen LogP contribution in [0.2, 0.25) is 0 Å². The summed E-state index contributed by atoms with van der Waals surface area (Å²) in [6, 6.07) is 5.77. The fourth-order valence-electron chi connectivity index (χ4n) is 1.53. The molecule has 1 aromatic carbocycles. The Balaban J connectivity index is 2.25. The molecule has 2 amide bonds. The highest BCUT2D eigenvalue weighted by Gasteiger charge is 2.25. The minimum absolute atomic E-state index is 0.148.